The van der Waals surface area contributed by atoms with Crippen LogP contribution in [0.4, 0.5) is 13.2 Å². The number of piperidine rings is 1. The molecule has 1 saturated heterocycles. The predicted octanol–water partition coefficient (Wildman–Crippen LogP) is 3.83. The van der Waals surface area contributed by atoms with Crippen molar-refractivity contribution >= 4 is 18.3 Å². The Balaban J connectivity index is 0.00000288. The van der Waals surface area contributed by atoms with Crippen LogP contribution < -0.4 is 5.32 Å². The Morgan fingerprint density at radius 3 is 2.42 bits per heavy atom. The second kappa shape index (κ2) is 8.72. The van der Waals surface area contributed by atoms with Gasteiger partial charge < -0.3 is 10.2 Å². The molecule has 1 fully saturated rings. The zero-order valence-electron chi connectivity index (χ0n) is 13.9. The summed E-state index contributed by atoms with van der Waals surface area (Å²) in [6, 6.07) is 5.93. The van der Waals surface area contributed by atoms with Crippen molar-refractivity contribution in [3.8, 4) is 0 Å². The number of hydrogen-bond acceptors (Lipinski definition) is 2. The minimum atomic E-state index is -4.39. The van der Waals surface area contributed by atoms with E-state index in [-0.39, 0.29) is 30.3 Å². The van der Waals surface area contributed by atoms with Crippen LogP contribution in [-0.4, -0.2) is 37.0 Å². The largest absolute Gasteiger partial charge is 0.416 e. The van der Waals surface area contributed by atoms with Crippen molar-refractivity contribution in [2.75, 3.05) is 20.1 Å². The molecule has 1 aromatic rings. The fraction of sp³-hybridized carbons (Fsp3) is 0.588. The number of hydrogen-bond donors (Lipinski definition) is 1. The lowest BCUT2D eigenvalue weighted by atomic mass is 9.92. The first kappa shape index (κ1) is 20.8. The van der Waals surface area contributed by atoms with Gasteiger partial charge in [-0.1, -0.05) is 25.1 Å². The van der Waals surface area contributed by atoms with Gasteiger partial charge >= 0.3 is 6.18 Å². The van der Waals surface area contributed by atoms with E-state index in [4.69, 9.17) is 0 Å². The Kier molecular flexibility index (Phi) is 7.55. The molecule has 3 nitrogen and oxygen atoms in total. The van der Waals surface area contributed by atoms with E-state index in [9.17, 15) is 18.0 Å². The molecule has 1 unspecified atom stereocenters. The summed E-state index contributed by atoms with van der Waals surface area (Å²) < 4.78 is 39.2. The second-order valence-corrected chi connectivity index (χ2v) is 6.13. The first-order valence-electron chi connectivity index (χ1n) is 7.94. The Morgan fingerprint density at radius 1 is 1.29 bits per heavy atom. The van der Waals surface area contributed by atoms with Gasteiger partial charge in [-0.25, -0.2) is 0 Å². The van der Waals surface area contributed by atoms with Gasteiger partial charge in [0.25, 0.3) is 0 Å². The second-order valence-electron chi connectivity index (χ2n) is 6.13. The summed E-state index contributed by atoms with van der Waals surface area (Å²) in [4.78, 5) is 14.1. The van der Waals surface area contributed by atoms with Crippen LogP contribution in [0.2, 0.25) is 0 Å². The molecule has 7 heteroatoms. The maximum absolute atomic E-state index is 13.1. The normalized spacial score (nSPS) is 17.3. The molecule has 2 rings (SSSR count). The fourth-order valence-electron chi connectivity index (χ4n) is 3.10. The molecule has 136 valence electrons. The molecule has 0 radical (unpaired) electrons. The molecule has 0 saturated carbocycles. The van der Waals surface area contributed by atoms with Crippen LogP contribution in [0.15, 0.2) is 24.3 Å². The van der Waals surface area contributed by atoms with E-state index in [0.29, 0.717) is 19.1 Å². The lowest BCUT2D eigenvalue weighted by molar-refractivity contribution is -0.139. The third kappa shape index (κ3) is 5.11. The summed E-state index contributed by atoms with van der Waals surface area (Å²) >= 11 is 0. The highest BCUT2D eigenvalue weighted by molar-refractivity contribution is 5.85. The number of nitrogens with zero attached hydrogens (tertiary/aromatic N) is 1. The molecule has 0 spiro atoms. The minimum absolute atomic E-state index is 0. The van der Waals surface area contributed by atoms with E-state index in [1.165, 1.54) is 12.1 Å². The zero-order chi connectivity index (χ0) is 17.0. The number of halogens is 4. The summed E-state index contributed by atoms with van der Waals surface area (Å²) in [7, 11) is 1.90. The first-order valence-corrected chi connectivity index (χ1v) is 7.94. The number of carbonyl (C=O) groups excluding carboxylic acids is 1. The predicted molar refractivity (Wildman–Crippen MR) is 90.4 cm³/mol. The topological polar surface area (TPSA) is 32.3 Å². The van der Waals surface area contributed by atoms with Crippen molar-refractivity contribution in [3.63, 3.8) is 0 Å². The maximum Gasteiger partial charge on any atom is 0.416 e. The summed E-state index contributed by atoms with van der Waals surface area (Å²) in [5, 5.41) is 3.19. The van der Waals surface area contributed by atoms with Crippen LogP contribution in [0.1, 0.15) is 43.2 Å². The number of carbonyl (C=O) groups is 1. The van der Waals surface area contributed by atoms with Gasteiger partial charge in [0.1, 0.15) is 0 Å². The van der Waals surface area contributed by atoms with E-state index >= 15 is 0 Å². The van der Waals surface area contributed by atoms with Crippen molar-refractivity contribution in [1.29, 1.82) is 0 Å². The molecule has 1 amide bonds. The summed E-state index contributed by atoms with van der Waals surface area (Å²) in [5.41, 5.74) is -0.451. The van der Waals surface area contributed by atoms with Gasteiger partial charge in [-0.2, -0.15) is 13.2 Å². The average Bonchev–Trinajstić information content (AvgIpc) is 2.54. The molecule has 1 aromatic carbocycles. The quantitative estimate of drug-likeness (QED) is 0.880. The van der Waals surface area contributed by atoms with E-state index in [1.54, 1.807) is 17.9 Å². The summed E-state index contributed by atoms with van der Waals surface area (Å²) in [6.45, 7) is 3.01. The zero-order valence-corrected chi connectivity index (χ0v) is 14.7. The molecule has 0 bridgehead atoms. The lowest BCUT2D eigenvalue weighted by Gasteiger charge is -2.32. The molecule has 1 aliphatic heterocycles. The SMILES string of the molecule is CNC1CCN(C(=O)CC(C)c2ccccc2C(F)(F)F)CC1.Cl. The highest BCUT2D eigenvalue weighted by Crippen LogP contribution is 2.36. The van der Waals surface area contributed by atoms with Crippen LogP contribution in [0.5, 0.6) is 0 Å². The van der Waals surface area contributed by atoms with Gasteiger partial charge in [-0.15, -0.1) is 12.4 Å². The highest BCUT2D eigenvalue weighted by atomic mass is 35.5. The molecule has 1 atom stereocenters. The number of likely N-dealkylation sites (tertiary alicyclic amines) is 1. The number of amides is 1. The van der Waals surface area contributed by atoms with Gasteiger partial charge in [0.2, 0.25) is 5.91 Å². The number of rotatable bonds is 4. The molecule has 1 aliphatic rings. The maximum atomic E-state index is 13.1. The summed E-state index contributed by atoms with van der Waals surface area (Å²) in [5.74, 6) is -0.522. The Labute approximate surface area is 147 Å². The fourth-order valence-corrected chi connectivity index (χ4v) is 3.10. The molecular formula is C17H24ClF3N2O. The molecule has 1 heterocycles. The average molecular weight is 365 g/mol. The number of nitrogens with one attached hydrogen (secondary N) is 1. The highest BCUT2D eigenvalue weighted by Gasteiger charge is 2.34. The lowest BCUT2D eigenvalue weighted by Crippen LogP contribution is -2.44. The van der Waals surface area contributed by atoms with Gasteiger partial charge in [-0.3, -0.25) is 4.79 Å². The summed E-state index contributed by atoms with van der Waals surface area (Å²) in [6.07, 6.45) is -2.51. The van der Waals surface area contributed by atoms with Crippen molar-refractivity contribution in [2.24, 2.45) is 0 Å². The number of benzene rings is 1. The van der Waals surface area contributed by atoms with Crippen molar-refractivity contribution in [2.45, 2.75) is 44.3 Å². The molecule has 1 N–H and O–H groups in total. The monoisotopic (exact) mass is 364 g/mol. The van der Waals surface area contributed by atoms with Crippen LogP contribution >= 0.6 is 12.4 Å². The Bertz CT molecular complexity index is 543. The van der Waals surface area contributed by atoms with E-state index < -0.39 is 17.7 Å². The minimum Gasteiger partial charge on any atom is -0.343 e. The third-order valence-corrected chi connectivity index (χ3v) is 4.53. The van der Waals surface area contributed by atoms with Crippen LogP contribution in [0.3, 0.4) is 0 Å². The van der Waals surface area contributed by atoms with Crippen molar-refractivity contribution < 1.29 is 18.0 Å². The van der Waals surface area contributed by atoms with E-state index in [2.05, 4.69) is 5.32 Å². The Morgan fingerprint density at radius 2 is 1.88 bits per heavy atom. The molecule has 24 heavy (non-hydrogen) atoms. The molecule has 0 aromatic heterocycles. The van der Waals surface area contributed by atoms with E-state index in [0.717, 1.165) is 18.9 Å². The van der Waals surface area contributed by atoms with Crippen molar-refractivity contribution in [3.05, 3.63) is 35.4 Å². The van der Waals surface area contributed by atoms with Crippen LogP contribution in [-0.2, 0) is 11.0 Å². The van der Waals surface area contributed by atoms with Crippen LogP contribution in [0.25, 0.3) is 0 Å². The molecular weight excluding hydrogens is 341 g/mol. The van der Waals surface area contributed by atoms with Gasteiger partial charge in [0.05, 0.1) is 5.56 Å². The van der Waals surface area contributed by atoms with Gasteiger partial charge in [0, 0.05) is 25.6 Å². The Hall–Kier alpha value is -1.27. The standard InChI is InChI=1S/C17H23F3N2O.ClH/c1-12(14-5-3-4-6-15(14)17(18,19)20)11-16(23)22-9-7-13(21-2)8-10-22;/h3-6,12-13,21H,7-11H2,1-2H3;1H. The van der Waals surface area contributed by atoms with Gasteiger partial charge in [0.15, 0.2) is 0 Å². The number of alkyl halides is 3. The van der Waals surface area contributed by atoms with Gasteiger partial charge in [-0.05, 0) is 37.4 Å². The van der Waals surface area contributed by atoms with Crippen LogP contribution in [0, 0.1) is 0 Å². The first-order chi connectivity index (χ1) is 10.8. The molecule has 0 aliphatic carbocycles. The van der Waals surface area contributed by atoms with E-state index in [1.807, 2.05) is 7.05 Å². The smallest absolute Gasteiger partial charge is 0.343 e. The van der Waals surface area contributed by atoms with Crippen molar-refractivity contribution in [1.82, 2.24) is 10.2 Å². The third-order valence-electron chi connectivity index (χ3n) is 4.53.